The molecule has 2 heterocycles. The summed E-state index contributed by atoms with van der Waals surface area (Å²) in [6.07, 6.45) is 6.69. The van der Waals surface area contributed by atoms with E-state index >= 15 is 0 Å². The van der Waals surface area contributed by atoms with Gasteiger partial charge in [0.05, 0.1) is 5.01 Å². The highest BCUT2D eigenvalue weighted by atomic mass is 127. The summed E-state index contributed by atoms with van der Waals surface area (Å²) in [7, 11) is 1.83. The highest BCUT2D eigenvalue weighted by Crippen LogP contribution is 2.15. The van der Waals surface area contributed by atoms with Crippen LogP contribution >= 0.6 is 35.3 Å². The van der Waals surface area contributed by atoms with E-state index in [0.29, 0.717) is 0 Å². The zero-order chi connectivity index (χ0) is 16.5. The van der Waals surface area contributed by atoms with Crippen molar-refractivity contribution >= 4 is 41.3 Å². The molecule has 0 spiro atoms. The molecule has 0 aliphatic carbocycles. The van der Waals surface area contributed by atoms with Gasteiger partial charge >= 0.3 is 0 Å². The fraction of sp³-hybridized carbons (Fsp3) is 0.765. The average Bonchev–Trinajstić information content (AvgIpc) is 3.03. The lowest BCUT2D eigenvalue weighted by Crippen LogP contribution is -2.43. The number of nitrogens with zero attached hydrogens (tertiary/aromatic N) is 3. The predicted molar refractivity (Wildman–Crippen MR) is 115 cm³/mol. The van der Waals surface area contributed by atoms with Crippen molar-refractivity contribution in [3.8, 4) is 0 Å². The summed E-state index contributed by atoms with van der Waals surface area (Å²) in [4.78, 5) is 12.6. The Labute approximate surface area is 167 Å². The van der Waals surface area contributed by atoms with E-state index < -0.39 is 0 Å². The van der Waals surface area contributed by atoms with Gasteiger partial charge in [0.25, 0.3) is 0 Å². The van der Waals surface area contributed by atoms with Crippen molar-refractivity contribution in [2.75, 3.05) is 39.8 Å². The molecule has 24 heavy (non-hydrogen) atoms. The molecule has 0 unspecified atom stereocenters. The van der Waals surface area contributed by atoms with Crippen molar-refractivity contribution in [1.82, 2.24) is 20.5 Å². The highest BCUT2D eigenvalue weighted by Gasteiger charge is 2.14. The third-order valence-corrected chi connectivity index (χ3v) is 5.60. The third kappa shape index (κ3) is 7.65. The molecule has 1 aliphatic heterocycles. The number of hydrogen-bond donors (Lipinski definition) is 2. The van der Waals surface area contributed by atoms with Gasteiger partial charge in [-0.1, -0.05) is 13.8 Å². The Bertz CT molecular complexity index is 483. The number of guanidine groups is 1. The Balaban J connectivity index is 0.00000288. The standard InChI is InChI=1S/C17H31N5S.HI/c1-4-15-13-21-16(23-15)5-8-19-17(18-3)20-9-12-22-10-6-14(2)7-11-22;/h13-14H,4-12H2,1-3H3,(H2,18,19,20);1H. The fourth-order valence-corrected chi connectivity index (χ4v) is 3.62. The van der Waals surface area contributed by atoms with Crippen LogP contribution in [-0.2, 0) is 12.8 Å². The van der Waals surface area contributed by atoms with Crippen molar-refractivity contribution in [2.45, 2.75) is 39.5 Å². The minimum Gasteiger partial charge on any atom is -0.356 e. The van der Waals surface area contributed by atoms with Crippen LogP contribution in [0.4, 0.5) is 0 Å². The number of hydrogen-bond acceptors (Lipinski definition) is 4. The van der Waals surface area contributed by atoms with Crippen LogP contribution in [0.15, 0.2) is 11.2 Å². The molecule has 0 bridgehead atoms. The average molecular weight is 465 g/mol. The molecule has 1 aromatic heterocycles. The number of aromatic nitrogens is 1. The molecular weight excluding hydrogens is 433 g/mol. The first-order valence-corrected chi connectivity index (χ1v) is 9.63. The normalized spacial score (nSPS) is 16.7. The Morgan fingerprint density at radius 2 is 2.04 bits per heavy atom. The molecule has 0 saturated carbocycles. The zero-order valence-corrected chi connectivity index (χ0v) is 18.3. The molecule has 1 fully saturated rings. The molecule has 0 aromatic carbocycles. The quantitative estimate of drug-likeness (QED) is 0.370. The van der Waals surface area contributed by atoms with Crippen molar-refractivity contribution in [3.63, 3.8) is 0 Å². The number of thiazole rings is 1. The van der Waals surface area contributed by atoms with E-state index in [0.717, 1.165) is 44.4 Å². The maximum absolute atomic E-state index is 4.45. The second kappa shape index (κ2) is 12.0. The van der Waals surface area contributed by atoms with Gasteiger partial charge in [-0.15, -0.1) is 35.3 Å². The van der Waals surface area contributed by atoms with Gasteiger partial charge in [0.1, 0.15) is 0 Å². The van der Waals surface area contributed by atoms with Crippen LogP contribution in [0, 0.1) is 5.92 Å². The predicted octanol–water partition coefficient (Wildman–Crippen LogP) is 2.76. The molecule has 1 saturated heterocycles. The van der Waals surface area contributed by atoms with Gasteiger partial charge in [-0.05, 0) is 38.3 Å². The van der Waals surface area contributed by atoms with Crippen LogP contribution in [0.2, 0.25) is 0 Å². The largest absolute Gasteiger partial charge is 0.356 e. The van der Waals surface area contributed by atoms with Gasteiger partial charge in [-0.25, -0.2) is 4.98 Å². The summed E-state index contributed by atoms with van der Waals surface area (Å²) < 4.78 is 0. The molecule has 5 nitrogen and oxygen atoms in total. The number of piperidine rings is 1. The van der Waals surface area contributed by atoms with Crippen LogP contribution in [0.25, 0.3) is 0 Å². The van der Waals surface area contributed by atoms with E-state index in [2.05, 4.69) is 39.4 Å². The number of aliphatic imine (C=N–C) groups is 1. The lowest BCUT2D eigenvalue weighted by molar-refractivity contribution is 0.195. The molecule has 2 rings (SSSR count). The monoisotopic (exact) mass is 465 g/mol. The van der Waals surface area contributed by atoms with Crippen molar-refractivity contribution in [2.24, 2.45) is 10.9 Å². The summed E-state index contributed by atoms with van der Waals surface area (Å²) in [5, 5.41) is 7.99. The van der Waals surface area contributed by atoms with Crippen molar-refractivity contribution < 1.29 is 0 Å². The summed E-state index contributed by atoms with van der Waals surface area (Å²) in [6, 6.07) is 0. The minimum atomic E-state index is 0. The smallest absolute Gasteiger partial charge is 0.191 e. The topological polar surface area (TPSA) is 52.6 Å². The minimum absolute atomic E-state index is 0. The molecule has 2 N–H and O–H groups in total. The van der Waals surface area contributed by atoms with Crippen LogP contribution in [0.3, 0.4) is 0 Å². The van der Waals surface area contributed by atoms with Gasteiger partial charge < -0.3 is 15.5 Å². The van der Waals surface area contributed by atoms with Crippen LogP contribution in [0.1, 0.15) is 36.6 Å². The zero-order valence-electron chi connectivity index (χ0n) is 15.2. The molecule has 1 aliphatic rings. The van der Waals surface area contributed by atoms with Crippen LogP contribution in [0.5, 0.6) is 0 Å². The number of aryl methyl sites for hydroxylation is 1. The molecule has 1 aromatic rings. The van der Waals surface area contributed by atoms with E-state index in [1.165, 1.54) is 35.8 Å². The van der Waals surface area contributed by atoms with Crippen molar-refractivity contribution in [1.29, 1.82) is 0 Å². The first-order chi connectivity index (χ1) is 11.2. The second-order valence-electron chi connectivity index (χ2n) is 6.27. The van der Waals surface area contributed by atoms with Crippen molar-refractivity contribution in [3.05, 3.63) is 16.1 Å². The van der Waals surface area contributed by atoms with Gasteiger partial charge in [0, 0.05) is 44.2 Å². The summed E-state index contributed by atoms with van der Waals surface area (Å²) in [5.41, 5.74) is 0. The Hall–Kier alpha value is -0.410. The molecular formula is C17H32IN5S. The molecule has 0 atom stereocenters. The highest BCUT2D eigenvalue weighted by molar-refractivity contribution is 14.0. The number of likely N-dealkylation sites (tertiary alicyclic amines) is 1. The lowest BCUT2D eigenvalue weighted by atomic mass is 9.99. The number of halogens is 1. The van der Waals surface area contributed by atoms with E-state index in [-0.39, 0.29) is 24.0 Å². The third-order valence-electron chi connectivity index (χ3n) is 4.40. The van der Waals surface area contributed by atoms with E-state index in [9.17, 15) is 0 Å². The van der Waals surface area contributed by atoms with E-state index in [1.54, 1.807) is 0 Å². The van der Waals surface area contributed by atoms with Crippen LogP contribution < -0.4 is 10.6 Å². The Morgan fingerprint density at radius 1 is 1.33 bits per heavy atom. The summed E-state index contributed by atoms with van der Waals surface area (Å²) >= 11 is 1.81. The van der Waals surface area contributed by atoms with Gasteiger partial charge in [0.2, 0.25) is 0 Å². The first kappa shape index (κ1) is 21.6. The Morgan fingerprint density at radius 3 is 2.67 bits per heavy atom. The maximum Gasteiger partial charge on any atom is 0.191 e. The molecule has 0 amide bonds. The fourth-order valence-electron chi connectivity index (χ4n) is 2.75. The second-order valence-corrected chi connectivity index (χ2v) is 7.47. The Kier molecular flexibility index (Phi) is 10.8. The molecule has 138 valence electrons. The molecule has 0 radical (unpaired) electrons. The van der Waals surface area contributed by atoms with E-state index in [4.69, 9.17) is 0 Å². The lowest BCUT2D eigenvalue weighted by Gasteiger charge is -2.30. The van der Waals surface area contributed by atoms with Gasteiger partial charge in [-0.2, -0.15) is 0 Å². The summed E-state index contributed by atoms with van der Waals surface area (Å²) in [6.45, 7) is 9.91. The number of nitrogens with one attached hydrogen (secondary N) is 2. The molecule has 7 heteroatoms. The maximum atomic E-state index is 4.45. The number of rotatable bonds is 7. The van der Waals surface area contributed by atoms with E-state index in [1.807, 2.05) is 24.6 Å². The van der Waals surface area contributed by atoms with Gasteiger partial charge in [0.15, 0.2) is 5.96 Å². The van der Waals surface area contributed by atoms with Gasteiger partial charge in [-0.3, -0.25) is 4.99 Å². The summed E-state index contributed by atoms with van der Waals surface area (Å²) in [5.74, 6) is 1.79. The first-order valence-electron chi connectivity index (χ1n) is 8.81. The SMILES string of the molecule is CCc1cnc(CCNC(=NC)NCCN2CCC(C)CC2)s1.I. The van der Waals surface area contributed by atoms with Crippen LogP contribution in [-0.4, -0.2) is 55.6 Å².